The highest BCUT2D eigenvalue weighted by atomic mass is 16.6. The van der Waals surface area contributed by atoms with E-state index in [0.29, 0.717) is 0 Å². The molecule has 0 atom stereocenters. The van der Waals surface area contributed by atoms with E-state index in [9.17, 15) is 14.4 Å². The molecular formula is C18H19N5O4. The molecule has 2 aromatic heterocycles. The smallest absolute Gasteiger partial charge is 0.412 e. The van der Waals surface area contributed by atoms with Gasteiger partial charge in [-0.25, -0.2) is 14.6 Å². The van der Waals surface area contributed by atoms with Gasteiger partial charge < -0.3 is 9.72 Å². The minimum atomic E-state index is -0.682. The number of H-pyrrole nitrogens is 3. The van der Waals surface area contributed by atoms with Crippen molar-refractivity contribution in [3.8, 4) is 0 Å². The van der Waals surface area contributed by atoms with Crippen LogP contribution >= 0.6 is 0 Å². The minimum Gasteiger partial charge on any atom is -0.444 e. The van der Waals surface area contributed by atoms with Crippen LogP contribution < -0.4 is 16.6 Å². The first kappa shape index (κ1) is 18.2. The lowest BCUT2D eigenvalue weighted by molar-refractivity contribution is 0.0558. The number of amides is 1. The summed E-state index contributed by atoms with van der Waals surface area (Å²) in [6.07, 6.45) is 1.00. The van der Waals surface area contributed by atoms with Crippen molar-refractivity contribution in [2.45, 2.75) is 26.4 Å². The molecule has 1 amide bonds. The summed E-state index contributed by atoms with van der Waals surface area (Å²) in [5, 5.41) is 2.64. The van der Waals surface area contributed by atoms with Crippen LogP contribution in [0.3, 0.4) is 0 Å². The van der Waals surface area contributed by atoms with Crippen LogP contribution in [0.1, 0.15) is 32.2 Å². The lowest BCUT2D eigenvalue weighted by Crippen LogP contribution is -2.31. The van der Waals surface area contributed by atoms with E-state index in [2.05, 4.69) is 25.3 Å². The number of aromatic nitrogens is 4. The summed E-state index contributed by atoms with van der Waals surface area (Å²) >= 11 is 0. The number of hydrogen-bond acceptors (Lipinski definition) is 5. The van der Waals surface area contributed by atoms with Crippen molar-refractivity contribution >= 4 is 29.0 Å². The van der Waals surface area contributed by atoms with E-state index in [1.807, 2.05) is 30.3 Å². The third kappa shape index (κ3) is 4.51. The molecular weight excluding hydrogens is 350 g/mol. The number of ether oxygens (including phenoxy) is 1. The third-order valence-corrected chi connectivity index (χ3v) is 3.39. The fraction of sp³-hybridized carbons (Fsp3) is 0.222. The van der Waals surface area contributed by atoms with Crippen molar-refractivity contribution in [2.24, 2.45) is 0 Å². The first-order chi connectivity index (χ1) is 12.7. The Balaban J connectivity index is 2.06. The number of imidazole rings is 1. The van der Waals surface area contributed by atoms with Crippen molar-refractivity contribution in [3.05, 3.63) is 62.6 Å². The molecule has 27 heavy (non-hydrogen) atoms. The molecule has 0 unspecified atom stereocenters. The van der Waals surface area contributed by atoms with Crippen LogP contribution in [0.25, 0.3) is 22.9 Å². The van der Waals surface area contributed by atoms with Crippen molar-refractivity contribution in [2.75, 3.05) is 0 Å². The largest absolute Gasteiger partial charge is 0.444 e. The predicted octanol–water partition coefficient (Wildman–Crippen LogP) is 1.96. The normalized spacial score (nSPS) is 12.2. The molecule has 0 aliphatic rings. The van der Waals surface area contributed by atoms with Crippen LogP contribution in [-0.2, 0) is 4.74 Å². The lowest BCUT2D eigenvalue weighted by Gasteiger charge is -2.20. The van der Waals surface area contributed by atoms with Gasteiger partial charge in [0, 0.05) is 0 Å². The third-order valence-electron chi connectivity index (χ3n) is 3.39. The number of alkyl carbamates (subject to hydrolysis) is 1. The van der Waals surface area contributed by atoms with Gasteiger partial charge >= 0.3 is 11.8 Å². The maximum Gasteiger partial charge on any atom is 0.412 e. The van der Waals surface area contributed by atoms with Gasteiger partial charge in [0.25, 0.3) is 5.56 Å². The van der Waals surface area contributed by atoms with E-state index in [0.717, 1.165) is 5.56 Å². The predicted molar refractivity (Wildman–Crippen MR) is 101 cm³/mol. The molecule has 0 bridgehead atoms. The van der Waals surface area contributed by atoms with E-state index in [1.165, 1.54) is 0 Å². The molecule has 9 nitrogen and oxygen atoms in total. The summed E-state index contributed by atoms with van der Waals surface area (Å²) in [4.78, 5) is 47.2. The molecule has 0 radical (unpaired) electrons. The Kier molecular flexibility index (Phi) is 4.68. The number of fused-ring (bicyclic) bond motifs is 1. The Morgan fingerprint density at radius 3 is 2.48 bits per heavy atom. The first-order valence-electron chi connectivity index (χ1n) is 8.21. The molecule has 140 valence electrons. The van der Waals surface area contributed by atoms with Crippen LogP contribution in [-0.4, -0.2) is 31.6 Å². The van der Waals surface area contributed by atoms with Gasteiger partial charge in [0.1, 0.15) is 11.1 Å². The van der Waals surface area contributed by atoms with E-state index in [1.54, 1.807) is 26.8 Å². The summed E-state index contributed by atoms with van der Waals surface area (Å²) in [5.74, 6) is 0.201. The zero-order valence-corrected chi connectivity index (χ0v) is 15.0. The van der Waals surface area contributed by atoms with E-state index in [-0.39, 0.29) is 22.7 Å². The average molecular weight is 369 g/mol. The molecule has 0 saturated heterocycles. The fourth-order valence-corrected chi connectivity index (χ4v) is 2.35. The molecule has 4 N–H and O–H groups in total. The first-order valence-corrected chi connectivity index (χ1v) is 8.21. The van der Waals surface area contributed by atoms with E-state index in [4.69, 9.17) is 4.74 Å². The summed E-state index contributed by atoms with van der Waals surface area (Å²) in [6, 6.07) is 9.24. The number of hydrogen-bond donors (Lipinski definition) is 4. The molecule has 2 heterocycles. The summed E-state index contributed by atoms with van der Waals surface area (Å²) in [5.41, 5.74) is -0.697. The molecule has 0 fully saturated rings. The van der Waals surface area contributed by atoms with Crippen LogP contribution in [0.2, 0.25) is 0 Å². The number of carbonyl (C=O) groups is 1. The molecule has 0 spiro atoms. The Bertz CT molecular complexity index is 1120. The van der Waals surface area contributed by atoms with Gasteiger partial charge in [0.05, 0.1) is 5.70 Å². The SMILES string of the molecule is CC(C)(C)OC(=O)NC(=Cc1ccccc1)c1nc2[nH]c(=O)[nH]c(=O)c2[nH]1. The Morgan fingerprint density at radius 1 is 1.11 bits per heavy atom. The van der Waals surface area contributed by atoms with Gasteiger partial charge in [0.2, 0.25) is 0 Å². The minimum absolute atomic E-state index is 0.0868. The summed E-state index contributed by atoms with van der Waals surface area (Å²) < 4.78 is 5.29. The van der Waals surface area contributed by atoms with Crippen molar-refractivity contribution in [1.82, 2.24) is 25.3 Å². The van der Waals surface area contributed by atoms with Gasteiger partial charge in [-0.1, -0.05) is 30.3 Å². The molecule has 0 aliphatic heterocycles. The van der Waals surface area contributed by atoms with Crippen LogP contribution in [0.4, 0.5) is 4.79 Å². The summed E-state index contributed by atoms with van der Waals surface area (Å²) in [7, 11) is 0. The van der Waals surface area contributed by atoms with Crippen LogP contribution in [0.5, 0.6) is 0 Å². The Labute approximate surface area is 153 Å². The van der Waals surface area contributed by atoms with Crippen molar-refractivity contribution in [3.63, 3.8) is 0 Å². The van der Waals surface area contributed by atoms with Crippen molar-refractivity contribution in [1.29, 1.82) is 0 Å². The highest BCUT2D eigenvalue weighted by molar-refractivity contribution is 5.89. The van der Waals surface area contributed by atoms with E-state index < -0.39 is 22.9 Å². The number of rotatable bonds is 3. The molecule has 1 aromatic carbocycles. The van der Waals surface area contributed by atoms with Gasteiger partial charge in [-0.3, -0.25) is 20.1 Å². The second kappa shape index (κ2) is 6.94. The number of benzene rings is 1. The average Bonchev–Trinajstić information content (AvgIpc) is 2.97. The zero-order valence-electron chi connectivity index (χ0n) is 15.0. The fourth-order valence-electron chi connectivity index (χ4n) is 2.35. The molecule has 3 rings (SSSR count). The standard InChI is InChI=1S/C18H19N5O4/c1-18(2,3)27-17(26)19-11(9-10-7-5-4-6-8-10)13-20-12-14(21-13)22-16(25)23-15(12)24/h4-9H,1-3H3,(H,19,26)(H3,20,21,22,23,24,25). The summed E-state index contributed by atoms with van der Waals surface area (Å²) in [6.45, 7) is 5.25. The second-order valence-electron chi connectivity index (χ2n) is 6.81. The van der Waals surface area contributed by atoms with Gasteiger partial charge in [-0.15, -0.1) is 0 Å². The molecule has 0 saturated carbocycles. The van der Waals surface area contributed by atoms with Crippen molar-refractivity contribution < 1.29 is 9.53 Å². The quantitative estimate of drug-likeness (QED) is 0.560. The van der Waals surface area contributed by atoms with Gasteiger partial charge in [-0.05, 0) is 32.4 Å². The molecule has 0 aliphatic carbocycles. The number of nitrogens with one attached hydrogen (secondary N) is 4. The lowest BCUT2D eigenvalue weighted by atomic mass is 10.2. The highest BCUT2D eigenvalue weighted by Gasteiger charge is 2.19. The Hall–Kier alpha value is -3.62. The topological polar surface area (TPSA) is 133 Å². The molecule has 3 aromatic rings. The maximum atomic E-state index is 12.2. The number of aromatic amines is 3. The maximum absolute atomic E-state index is 12.2. The molecule has 9 heteroatoms. The second-order valence-corrected chi connectivity index (χ2v) is 6.81. The Morgan fingerprint density at radius 2 is 1.81 bits per heavy atom. The van der Waals surface area contributed by atoms with Gasteiger partial charge in [0.15, 0.2) is 11.5 Å². The number of nitrogens with zero attached hydrogens (tertiary/aromatic N) is 1. The van der Waals surface area contributed by atoms with Gasteiger partial charge in [-0.2, -0.15) is 0 Å². The zero-order chi connectivity index (χ0) is 19.6. The number of carbonyl (C=O) groups excluding carboxylic acids is 1. The highest BCUT2D eigenvalue weighted by Crippen LogP contribution is 2.16. The monoisotopic (exact) mass is 369 g/mol. The van der Waals surface area contributed by atoms with Crippen LogP contribution in [0.15, 0.2) is 39.9 Å². The van der Waals surface area contributed by atoms with E-state index >= 15 is 0 Å². The van der Waals surface area contributed by atoms with Crippen LogP contribution in [0, 0.1) is 0 Å².